The molecule has 0 bridgehead atoms. The predicted octanol–water partition coefficient (Wildman–Crippen LogP) is 5.24. The van der Waals surface area contributed by atoms with Gasteiger partial charge < -0.3 is 10.1 Å². The first-order valence-electron chi connectivity index (χ1n) is 9.40. The van der Waals surface area contributed by atoms with Gasteiger partial charge in [0.05, 0.1) is 0 Å². The first kappa shape index (κ1) is 20.1. The van der Waals surface area contributed by atoms with Gasteiger partial charge in [0.1, 0.15) is 0 Å². The zero-order valence-electron chi connectivity index (χ0n) is 16.5. The smallest absolute Gasteiger partial charge is 0.331 e. The normalized spacial score (nSPS) is 11.8. The third-order valence-corrected chi connectivity index (χ3v) is 4.44. The summed E-state index contributed by atoms with van der Waals surface area (Å²) < 4.78 is 5.52. The van der Waals surface area contributed by atoms with Gasteiger partial charge in [0, 0.05) is 17.3 Å². The van der Waals surface area contributed by atoms with Gasteiger partial charge in [-0.05, 0) is 42.7 Å². The van der Waals surface area contributed by atoms with Crippen molar-refractivity contribution in [1.82, 2.24) is 0 Å². The molecule has 3 aromatic rings. The van der Waals surface area contributed by atoms with Crippen LogP contribution in [0.3, 0.4) is 0 Å². The van der Waals surface area contributed by atoms with Crippen LogP contribution in [0, 0.1) is 13.8 Å². The number of anilines is 1. The van der Waals surface area contributed by atoms with Crippen molar-refractivity contribution in [2.75, 3.05) is 5.32 Å². The van der Waals surface area contributed by atoms with Crippen molar-refractivity contribution in [3.05, 3.63) is 107 Å². The molecular formula is C25H23NO3. The number of esters is 1. The molecule has 0 aliphatic carbocycles. The summed E-state index contributed by atoms with van der Waals surface area (Å²) in [7, 11) is 0. The molecule has 0 saturated carbocycles. The van der Waals surface area contributed by atoms with Crippen LogP contribution in [0.4, 0.5) is 5.69 Å². The minimum Gasteiger partial charge on any atom is -0.444 e. The van der Waals surface area contributed by atoms with Crippen molar-refractivity contribution in [3.8, 4) is 0 Å². The lowest BCUT2D eigenvalue weighted by molar-refractivity contribution is -0.149. The Morgan fingerprint density at radius 2 is 1.55 bits per heavy atom. The first-order valence-corrected chi connectivity index (χ1v) is 9.40. The fraction of sp³-hybridized carbons (Fsp3) is 0.120. The van der Waals surface area contributed by atoms with Crippen LogP contribution in [-0.4, -0.2) is 11.9 Å². The summed E-state index contributed by atoms with van der Waals surface area (Å²) in [5, 5.41) is 2.89. The summed E-state index contributed by atoms with van der Waals surface area (Å²) in [6.07, 6.45) is 1.94. The molecule has 0 unspecified atom stereocenters. The number of rotatable bonds is 6. The number of carbonyl (C=O) groups excluding carboxylic acids is 2. The summed E-state index contributed by atoms with van der Waals surface area (Å²) in [5.41, 5.74) is 4.15. The Bertz CT molecular complexity index is 1010. The monoisotopic (exact) mass is 385 g/mol. The quantitative estimate of drug-likeness (QED) is 0.466. The van der Waals surface area contributed by atoms with E-state index in [1.54, 1.807) is 30.3 Å². The number of hydrogen-bond donors (Lipinski definition) is 1. The van der Waals surface area contributed by atoms with Gasteiger partial charge in [0.2, 0.25) is 6.10 Å². The molecule has 3 rings (SSSR count). The number of ether oxygens (including phenoxy) is 1. The molecular weight excluding hydrogens is 362 g/mol. The van der Waals surface area contributed by atoms with Crippen LogP contribution in [0.2, 0.25) is 0 Å². The van der Waals surface area contributed by atoms with Crippen molar-refractivity contribution in [1.29, 1.82) is 0 Å². The molecule has 1 amide bonds. The van der Waals surface area contributed by atoms with E-state index in [1.165, 1.54) is 6.08 Å². The van der Waals surface area contributed by atoms with E-state index < -0.39 is 18.0 Å². The average Bonchev–Trinajstić information content (AvgIpc) is 2.74. The molecule has 0 spiro atoms. The zero-order valence-corrected chi connectivity index (χ0v) is 16.5. The molecule has 146 valence electrons. The second kappa shape index (κ2) is 9.51. The van der Waals surface area contributed by atoms with Crippen LogP contribution in [-0.2, 0) is 14.3 Å². The molecule has 3 aromatic carbocycles. The third kappa shape index (κ3) is 5.66. The summed E-state index contributed by atoms with van der Waals surface area (Å²) in [6.45, 7) is 3.87. The maximum absolute atomic E-state index is 13.0. The molecule has 0 aliphatic rings. The standard InChI is InChI=1S/C25H23NO3/c1-18-13-14-19(2)22(17-18)26-25(28)24(21-11-7-4-8-12-21)29-23(27)16-15-20-9-5-3-6-10-20/h3-17,24H,1-2H3,(H,26,28)/b16-15+/t24-/m0/s1. The van der Waals surface area contributed by atoms with Gasteiger partial charge in [-0.2, -0.15) is 0 Å². The van der Waals surface area contributed by atoms with Crippen molar-refractivity contribution in [2.45, 2.75) is 20.0 Å². The number of carbonyl (C=O) groups is 2. The van der Waals surface area contributed by atoms with Gasteiger partial charge in [0.15, 0.2) is 0 Å². The molecule has 1 N–H and O–H groups in total. The Labute approximate surface area is 170 Å². The van der Waals surface area contributed by atoms with E-state index in [2.05, 4.69) is 5.32 Å². The highest BCUT2D eigenvalue weighted by Crippen LogP contribution is 2.23. The van der Waals surface area contributed by atoms with Gasteiger partial charge in [-0.15, -0.1) is 0 Å². The van der Waals surface area contributed by atoms with Gasteiger partial charge in [-0.3, -0.25) is 4.79 Å². The van der Waals surface area contributed by atoms with Gasteiger partial charge in [-0.25, -0.2) is 4.79 Å². The Balaban J connectivity index is 1.79. The molecule has 0 aromatic heterocycles. The second-order valence-corrected chi connectivity index (χ2v) is 6.78. The number of hydrogen-bond acceptors (Lipinski definition) is 3. The Hall–Kier alpha value is -3.66. The van der Waals surface area contributed by atoms with E-state index in [1.807, 2.05) is 68.4 Å². The van der Waals surface area contributed by atoms with Crippen LogP contribution >= 0.6 is 0 Å². The van der Waals surface area contributed by atoms with E-state index in [9.17, 15) is 9.59 Å². The Morgan fingerprint density at radius 3 is 2.24 bits per heavy atom. The molecule has 1 atom stereocenters. The summed E-state index contributed by atoms with van der Waals surface area (Å²) in [4.78, 5) is 25.4. The molecule has 0 heterocycles. The summed E-state index contributed by atoms with van der Waals surface area (Å²) in [5.74, 6) is -0.981. The Morgan fingerprint density at radius 1 is 0.897 bits per heavy atom. The highest BCUT2D eigenvalue weighted by molar-refractivity contribution is 5.98. The number of benzene rings is 3. The number of aryl methyl sites for hydroxylation is 2. The fourth-order valence-electron chi connectivity index (χ4n) is 2.85. The second-order valence-electron chi connectivity index (χ2n) is 6.78. The van der Waals surface area contributed by atoms with Crippen molar-refractivity contribution in [3.63, 3.8) is 0 Å². The molecule has 0 fully saturated rings. The van der Waals surface area contributed by atoms with Gasteiger partial charge >= 0.3 is 5.97 Å². The molecule has 4 nitrogen and oxygen atoms in total. The molecule has 0 radical (unpaired) electrons. The third-order valence-electron chi connectivity index (χ3n) is 4.44. The van der Waals surface area contributed by atoms with Crippen LogP contribution in [0.1, 0.15) is 28.4 Å². The average molecular weight is 385 g/mol. The lowest BCUT2D eigenvalue weighted by atomic mass is 10.1. The minimum atomic E-state index is -1.05. The maximum atomic E-state index is 13.0. The van der Waals surface area contributed by atoms with Crippen molar-refractivity contribution >= 4 is 23.6 Å². The predicted molar refractivity (Wildman–Crippen MR) is 115 cm³/mol. The first-order chi connectivity index (χ1) is 14.0. The number of nitrogens with one attached hydrogen (secondary N) is 1. The number of amides is 1. The van der Waals surface area contributed by atoms with Crippen LogP contribution in [0.25, 0.3) is 6.08 Å². The summed E-state index contributed by atoms with van der Waals surface area (Å²) >= 11 is 0. The maximum Gasteiger partial charge on any atom is 0.331 e. The van der Waals surface area contributed by atoms with Gasteiger partial charge in [0.25, 0.3) is 5.91 Å². The van der Waals surface area contributed by atoms with E-state index in [0.717, 1.165) is 16.7 Å². The molecule has 0 aliphatic heterocycles. The zero-order chi connectivity index (χ0) is 20.6. The lowest BCUT2D eigenvalue weighted by Crippen LogP contribution is -2.25. The van der Waals surface area contributed by atoms with E-state index in [0.29, 0.717) is 11.3 Å². The molecule has 29 heavy (non-hydrogen) atoms. The van der Waals surface area contributed by atoms with Crippen molar-refractivity contribution in [2.24, 2.45) is 0 Å². The van der Waals surface area contributed by atoms with E-state index in [-0.39, 0.29) is 0 Å². The van der Waals surface area contributed by atoms with Crippen LogP contribution < -0.4 is 5.32 Å². The molecule has 4 heteroatoms. The van der Waals surface area contributed by atoms with E-state index in [4.69, 9.17) is 4.74 Å². The highest BCUT2D eigenvalue weighted by atomic mass is 16.5. The highest BCUT2D eigenvalue weighted by Gasteiger charge is 2.24. The van der Waals surface area contributed by atoms with Crippen molar-refractivity contribution < 1.29 is 14.3 Å². The van der Waals surface area contributed by atoms with Gasteiger partial charge in [-0.1, -0.05) is 72.8 Å². The largest absolute Gasteiger partial charge is 0.444 e. The minimum absolute atomic E-state index is 0.397. The summed E-state index contributed by atoms with van der Waals surface area (Å²) in [6, 6.07) is 24.2. The SMILES string of the molecule is Cc1ccc(C)c(NC(=O)[C@@H](OC(=O)/C=C/c2ccccc2)c2ccccc2)c1. The fourth-order valence-corrected chi connectivity index (χ4v) is 2.85. The molecule has 0 saturated heterocycles. The van der Waals surface area contributed by atoms with Crippen LogP contribution in [0.15, 0.2) is 84.9 Å². The van der Waals surface area contributed by atoms with E-state index >= 15 is 0 Å². The van der Waals surface area contributed by atoms with Crippen LogP contribution in [0.5, 0.6) is 0 Å². The topological polar surface area (TPSA) is 55.4 Å². The Kier molecular flexibility index (Phi) is 6.59. The lowest BCUT2D eigenvalue weighted by Gasteiger charge is -2.18.